The van der Waals surface area contributed by atoms with E-state index in [4.69, 9.17) is 16.3 Å². The molecule has 2 aliphatic rings. The molecule has 0 spiro atoms. The molecule has 0 N–H and O–H groups in total. The van der Waals surface area contributed by atoms with E-state index in [0.717, 1.165) is 44.7 Å². The molecule has 0 aromatic heterocycles. The molecule has 1 saturated heterocycles. The minimum Gasteiger partial charge on any atom is -0.377 e. The van der Waals surface area contributed by atoms with Crippen molar-refractivity contribution in [2.45, 2.75) is 63.9 Å². The lowest BCUT2D eigenvalue weighted by Crippen LogP contribution is -2.41. The van der Waals surface area contributed by atoms with Crippen LogP contribution in [0.1, 0.15) is 57.8 Å². The number of rotatable bonds is 6. The van der Waals surface area contributed by atoms with Crippen LogP contribution in [0.2, 0.25) is 0 Å². The van der Waals surface area contributed by atoms with Crippen LogP contribution in [0.15, 0.2) is 0 Å². The SMILES string of the molecule is O=C(CCC1CCCCC1)N1CCC(OCCCl)CC1. The monoisotopic (exact) mass is 301 g/mol. The zero-order valence-electron chi connectivity index (χ0n) is 12.5. The number of carbonyl (C=O) groups is 1. The van der Waals surface area contributed by atoms with Gasteiger partial charge in [0.15, 0.2) is 0 Å². The fraction of sp³-hybridized carbons (Fsp3) is 0.938. The summed E-state index contributed by atoms with van der Waals surface area (Å²) in [5.74, 6) is 1.71. The average Bonchev–Trinajstić information content (AvgIpc) is 2.52. The van der Waals surface area contributed by atoms with Crippen molar-refractivity contribution in [3.05, 3.63) is 0 Å². The van der Waals surface area contributed by atoms with Gasteiger partial charge < -0.3 is 9.64 Å². The number of hydrogen-bond donors (Lipinski definition) is 0. The maximum absolute atomic E-state index is 12.2. The molecular weight excluding hydrogens is 274 g/mol. The molecule has 2 rings (SSSR count). The van der Waals surface area contributed by atoms with Crippen LogP contribution < -0.4 is 0 Å². The third-order valence-electron chi connectivity index (χ3n) is 4.72. The van der Waals surface area contributed by atoms with Gasteiger partial charge in [-0.3, -0.25) is 4.79 Å². The van der Waals surface area contributed by atoms with Gasteiger partial charge in [0.25, 0.3) is 0 Å². The highest BCUT2D eigenvalue weighted by Crippen LogP contribution is 2.27. The number of piperidine rings is 1. The van der Waals surface area contributed by atoms with Crippen LogP contribution in [0.5, 0.6) is 0 Å². The van der Waals surface area contributed by atoms with Gasteiger partial charge in [-0.05, 0) is 25.2 Å². The first-order chi connectivity index (χ1) is 9.79. The van der Waals surface area contributed by atoms with E-state index < -0.39 is 0 Å². The number of likely N-dealkylation sites (tertiary alicyclic amines) is 1. The Hall–Kier alpha value is -0.280. The molecule has 0 unspecified atom stereocenters. The van der Waals surface area contributed by atoms with Gasteiger partial charge in [-0.15, -0.1) is 11.6 Å². The van der Waals surface area contributed by atoms with E-state index in [1.54, 1.807) is 0 Å². The highest BCUT2D eigenvalue weighted by Gasteiger charge is 2.23. The molecule has 116 valence electrons. The number of alkyl halides is 1. The summed E-state index contributed by atoms with van der Waals surface area (Å²) in [6.07, 6.45) is 10.9. The molecular formula is C16H28ClNO2. The minimum atomic E-state index is 0.302. The van der Waals surface area contributed by atoms with Crippen LogP contribution in [0, 0.1) is 5.92 Å². The van der Waals surface area contributed by atoms with Crippen molar-refractivity contribution in [3.8, 4) is 0 Å². The number of nitrogens with zero attached hydrogens (tertiary/aromatic N) is 1. The maximum Gasteiger partial charge on any atom is 0.222 e. The summed E-state index contributed by atoms with van der Waals surface area (Å²) >= 11 is 5.63. The second-order valence-corrected chi connectivity index (χ2v) is 6.56. The second kappa shape index (κ2) is 8.89. The van der Waals surface area contributed by atoms with Crippen molar-refractivity contribution >= 4 is 17.5 Å². The number of ether oxygens (including phenoxy) is 1. The van der Waals surface area contributed by atoms with Crippen molar-refractivity contribution < 1.29 is 9.53 Å². The van der Waals surface area contributed by atoms with Crippen LogP contribution in [0.3, 0.4) is 0 Å². The van der Waals surface area contributed by atoms with E-state index in [-0.39, 0.29) is 0 Å². The van der Waals surface area contributed by atoms with Crippen LogP contribution in [0.25, 0.3) is 0 Å². The Morgan fingerprint density at radius 3 is 2.45 bits per heavy atom. The molecule has 1 aliphatic carbocycles. The molecule has 3 nitrogen and oxygen atoms in total. The lowest BCUT2D eigenvalue weighted by molar-refractivity contribution is -0.134. The van der Waals surface area contributed by atoms with Crippen molar-refractivity contribution in [2.24, 2.45) is 5.92 Å². The van der Waals surface area contributed by atoms with Gasteiger partial charge in [-0.2, -0.15) is 0 Å². The largest absolute Gasteiger partial charge is 0.377 e. The molecule has 1 amide bonds. The Balaban J connectivity index is 1.61. The summed E-state index contributed by atoms with van der Waals surface area (Å²) in [7, 11) is 0. The predicted molar refractivity (Wildman–Crippen MR) is 82.1 cm³/mol. The van der Waals surface area contributed by atoms with E-state index >= 15 is 0 Å². The fourth-order valence-corrected chi connectivity index (χ4v) is 3.53. The zero-order valence-corrected chi connectivity index (χ0v) is 13.2. The Morgan fingerprint density at radius 2 is 1.80 bits per heavy atom. The van der Waals surface area contributed by atoms with Gasteiger partial charge in [0.1, 0.15) is 0 Å². The predicted octanol–water partition coefficient (Wildman–Crippen LogP) is 3.59. The summed E-state index contributed by atoms with van der Waals surface area (Å²) in [6, 6.07) is 0. The Labute approximate surface area is 128 Å². The third-order valence-corrected chi connectivity index (χ3v) is 4.87. The van der Waals surface area contributed by atoms with E-state index in [2.05, 4.69) is 0 Å². The van der Waals surface area contributed by atoms with Gasteiger partial charge in [-0.1, -0.05) is 32.1 Å². The quantitative estimate of drug-likeness (QED) is 0.702. The first-order valence-electron chi connectivity index (χ1n) is 8.25. The number of hydrogen-bond acceptors (Lipinski definition) is 2. The summed E-state index contributed by atoms with van der Waals surface area (Å²) in [6.45, 7) is 2.34. The molecule has 0 aromatic rings. The van der Waals surface area contributed by atoms with Crippen molar-refractivity contribution in [3.63, 3.8) is 0 Å². The van der Waals surface area contributed by atoms with Crippen LogP contribution >= 0.6 is 11.6 Å². The molecule has 0 aromatic carbocycles. The summed E-state index contributed by atoms with van der Waals surface area (Å²) in [5.41, 5.74) is 0. The Kier molecular flexibility index (Phi) is 7.15. The lowest BCUT2D eigenvalue weighted by Gasteiger charge is -2.32. The van der Waals surface area contributed by atoms with Crippen LogP contribution in [-0.2, 0) is 9.53 Å². The third kappa shape index (κ3) is 5.25. The van der Waals surface area contributed by atoms with Gasteiger partial charge in [0, 0.05) is 25.4 Å². The van der Waals surface area contributed by atoms with E-state index in [1.807, 2.05) is 4.90 Å². The smallest absolute Gasteiger partial charge is 0.222 e. The van der Waals surface area contributed by atoms with Gasteiger partial charge in [-0.25, -0.2) is 0 Å². The first-order valence-corrected chi connectivity index (χ1v) is 8.78. The Bertz CT molecular complexity index is 284. The standard InChI is InChI=1S/C16H28ClNO2/c17-10-13-20-15-8-11-18(12-9-15)16(19)7-6-14-4-2-1-3-5-14/h14-15H,1-13H2. The fourth-order valence-electron chi connectivity index (χ4n) is 3.44. The zero-order chi connectivity index (χ0) is 14.2. The number of halogens is 1. The highest BCUT2D eigenvalue weighted by molar-refractivity contribution is 6.17. The molecule has 1 aliphatic heterocycles. The van der Waals surface area contributed by atoms with Crippen LogP contribution in [-0.4, -0.2) is 42.5 Å². The highest BCUT2D eigenvalue weighted by atomic mass is 35.5. The average molecular weight is 302 g/mol. The summed E-state index contributed by atoms with van der Waals surface area (Å²) in [5, 5.41) is 0. The molecule has 0 radical (unpaired) electrons. The van der Waals surface area contributed by atoms with Gasteiger partial charge in [0.2, 0.25) is 5.91 Å². The molecule has 2 fully saturated rings. The first kappa shape index (κ1) is 16.1. The maximum atomic E-state index is 12.2. The van der Waals surface area contributed by atoms with E-state index in [0.29, 0.717) is 24.5 Å². The molecule has 1 saturated carbocycles. The lowest BCUT2D eigenvalue weighted by atomic mass is 9.86. The van der Waals surface area contributed by atoms with E-state index in [9.17, 15) is 4.79 Å². The number of amides is 1. The van der Waals surface area contributed by atoms with Crippen LogP contribution in [0.4, 0.5) is 0 Å². The number of carbonyl (C=O) groups excluding carboxylic acids is 1. The van der Waals surface area contributed by atoms with Crippen molar-refractivity contribution in [1.82, 2.24) is 4.90 Å². The Morgan fingerprint density at radius 1 is 1.10 bits per heavy atom. The minimum absolute atomic E-state index is 0.302. The molecule has 20 heavy (non-hydrogen) atoms. The van der Waals surface area contributed by atoms with Crippen molar-refractivity contribution in [2.75, 3.05) is 25.6 Å². The summed E-state index contributed by atoms with van der Waals surface area (Å²) in [4.78, 5) is 14.3. The van der Waals surface area contributed by atoms with Gasteiger partial charge >= 0.3 is 0 Å². The van der Waals surface area contributed by atoms with E-state index in [1.165, 1.54) is 32.1 Å². The molecule has 0 bridgehead atoms. The second-order valence-electron chi connectivity index (χ2n) is 6.18. The van der Waals surface area contributed by atoms with Crippen molar-refractivity contribution in [1.29, 1.82) is 0 Å². The van der Waals surface area contributed by atoms with Gasteiger partial charge in [0.05, 0.1) is 12.7 Å². The topological polar surface area (TPSA) is 29.5 Å². The normalized spacial score (nSPS) is 22.1. The summed E-state index contributed by atoms with van der Waals surface area (Å²) < 4.78 is 5.65. The molecule has 1 heterocycles. The molecule has 0 atom stereocenters. The molecule has 4 heteroatoms.